The Morgan fingerprint density at radius 3 is 2.78 bits per heavy atom. The molecule has 0 aromatic heterocycles. The van der Waals surface area contributed by atoms with Crippen molar-refractivity contribution < 1.29 is 19.4 Å². The topological polar surface area (TPSA) is 67.8 Å². The molecule has 1 saturated heterocycles. The lowest BCUT2D eigenvalue weighted by Crippen LogP contribution is -2.34. The third-order valence-corrected chi connectivity index (χ3v) is 3.32. The zero-order valence-corrected chi connectivity index (χ0v) is 10.5. The van der Waals surface area contributed by atoms with Gasteiger partial charge in [-0.1, -0.05) is 12.1 Å². The van der Waals surface area contributed by atoms with Crippen LogP contribution < -0.4 is 14.8 Å². The second-order valence-electron chi connectivity index (χ2n) is 4.25. The Morgan fingerprint density at radius 2 is 2.17 bits per heavy atom. The lowest BCUT2D eigenvalue weighted by atomic mass is 9.91. The number of ether oxygens (including phenoxy) is 2. The number of aliphatic carboxylic acids is 1. The van der Waals surface area contributed by atoms with E-state index in [-0.39, 0.29) is 5.92 Å². The van der Waals surface area contributed by atoms with Gasteiger partial charge in [0, 0.05) is 11.5 Å². The number of carbonyl (C=O) groups is 1. The number of hydrogen-bond acceptors (Lipinski definition) is 4. The van der Waals surface area contributed by atoms with Crippen molar-refractivity contribution >= 4 is 5.97 Å². The number of nitrogens with one attached hydrogen (secondary N) is 1. The highest BCUT2D eigenvalue weighted by molar-refractivity contribution is 5.76. The Balaban J connectivity index is 2.41. The molecule has 0 aliphatic carbocycles. The number of para-hydroxylation sites is 1. The number of methoxy groups -OCH3 is 2. The average molecular weight is 251 g/mol. The fourth-order valence-electron chi connectivity index (χ4n) is 2.50. The minimum absolute atomic E-state index is 0.0902. The normalized spacial score (nSPS) is 22.8. The summed E-state index contributed by atoms with van der Waals surface area (Å²) in [5.74, 6) is 0.334. The molecule has 0 unspecified atom stereocenters. The fraction of sp³-hybridized carbons (Fsp3) is 0.462. The van der Waals surface area contributed by atoms with Crippen LogP contribution in [-0.4, -0.2) is 37.9 Å². The monoisotopic (exact) mass is 251 g/mol. The Morgan fingerprint density at radius 1 is 1.39 bits per heavy atom. The zero-order chi connectivity index (χ0) is 13.1. The van der Waals surface area contributed by atoms with Crippen LogP contribution >= 0.6 is 0 Å². The van der Waals surface area contributed by atoms with E-state index in [9.17, 15) is 9.90 Å². The largest absolute Gasteiger partial charge is 0.493 e. The second kappa shape index (κ2) is 5.27. The van der Waals surface area contributed by atoms with Crippen LogP contribution in [0, 0.1) is 0 Å². The summed E-state index contributed by atoms with van der Waals surface area (Å²) in [6.07, 6.45) is 0.778. The van der Waals surface area contributed by atoms with Crippen LogP contribution in [0.25, 0.3) is 0 Å². The quantitative estimate of drug-likeness (QED) is 0.842. The Hall–Kier alpha value is -1.75. The van der Waals surface area contributed by atoms with Crippen molar-refractivity contribution in [1.29, 1.82) is 0 Å². The summed E-state index contributed by atoms with van der Waals surface area (Å²) >= 11 is 0. The maximum absolute atomic E-state index is 11.2. The molecule has 0 radical (unpaired) electrons. The molecule has 1 aromatic carbocycles. The van der Waals surface area contributed by atoms with Gasteiger partial charge in [0.15, 0.2) is 11.5 Å². The third-order valence-electron chi connectivity index (χ3n) is 3.32. The molecule has 98 valence electrons. The van der Waals surface area contributed by atoms with Gasteiger partial charge in [-0.3, -0.25) is 4.79 Å². The van der Waals surface area contributed by atoms with Crippen molar-refractivity contribution in [3.8, 4) is 11.5 Å². The van der Waals surface area contributed by atoms with Crippen LogP contribution in [0.4, 0.5) is 0 Å². The number of rotatable bonds is 4. The SMILES string of the molecule is COc1cccc([C@H]2CCN[C@@H]2C(=O)O)c1OC. The molecule has 1 aromatic rings. The lowest BCUT2D eigenvalue weighted by Gasteiger charge is -2.20. The molecular formula is C13H17NO4. The van der Waals surface area contributed by atoms with Crippen LogP contribution in [0.2, 0.25) is 0 Å². The van der Waals surface area contributed by atoms with E-state index >= 15 is 0 Å². The van der Waals surface area contributed by atoms with E-state index in [1.165, 1.54) is 0 Å². The van der Waals surface area contributed by atoms with Gasteiger partial charge in [0.1, 0.15) is 6.04 Å². The standard InChI is InChI=1S/C13H17NO4/c1-17-10-5-3-4-9(12(10)18-2)8-6-7-14-11(8)13(15)16/h3-5,8,11,14H,6-7H2,1-2H3,(H,15,16)/t8-,11+/m1/s1. The number of benzene rings is 1. The summed E-state index contributed by atoms with van der Waals surface area (Å²) < 4.78 is 10.6. The van der Waals surface area contributed by atoms with Crippen molar-refractivity contribution in [2.24, 2.45) is 0 Å². The van der Waals surface area contributed by atoms with Crippen LogP contribution in [0.3, 0.4) is 0 Å². The van der Waals surface area contributed by atoms with Crippen LogP contribution in [-0.2, 0) is 4.79 Å². The van der Waals surface area contributed by atoms with E-state index in [0.717, 1.165) is 12.0 Å². The molecule has 1 heterocycles. The van der Waals surface area contributed by atoms with Crippen LogP contribution in [0.1, 0.15) is 17.9 Å². The van der Waals surface area contributed by atoms with Gasteiger partial charge in [-0.05, 0) is 19.0 Å². The molecular weight excluding hydrogens is 234 g/mol. The number of carboxylic acids is 1. The first-order chi connectivity index (χ1) is 8.69. The van der Waals surface area contributed by atoms with Gasteiger partial charge in [0.2, 0.25) is 0 Å². The van der Waals surface area contributed by atoms with Gasteiger partial charge >= 0.3 is 5.97 Å². The van der Waals surface area contributed by atoms with E-state index in [1.54, 1.807) is 20.3 Å². The van der Waals surface area contributed by atoms with Gasteiger partial charge in [-0.2, -0.15) is 0 Å². The molecule has 1 aliphatic heterocycles. The Kier molecular flexibility index (Phi) is 3.72. The van der Waals surface area contributed by atoms with Crippen molar-refractivity contribution in [2.75, 3.05) is 20.8 Å². The molecule has 18 heavy (non-hydrogen) atoms. The molecule has 2 N–H and O–H groups in total. The van der Waals surface area contributed by atoms with Gasteiger partial charge in [-0.25, -0.2) is 0 Å². The molecule has 0 bridgehead atoms. The fourth-order valence-corrected chi connectivity index (χ4v) is 2.50. The number of carboxylic acid groups (broad SMARTS) is 1. The van der Waals surface area contributed by atoms with Crippen LogP contribution in [0.5, 0.6) is 11.5 Å². The minimum Gasteiger partial charge on any atom is -0.493 e. The van der Waals surface area contributed by atoms with Crippen molar-refractivity contribution in [1.82, 2.24) is 5.32 Å². The molecule has 5 heteroatoms. The average Bonchev–Trinajstić information content (AvgIpc) is 2.86. The molecule has 1 aliphatic rings. The molecule has 5 nitrogen and oxygen atoms in total. The first kappa shape index (κ1) is 12.7. The molecule has 0 saturated carbocycles. The van der Waals surface area contributed by atoms with Gasteiger partial charge < -0.3 is 19.9 Å². The summed E-state index contributed by atoms with van der Waals surface area (Å²) in [4.78, 5) is 11.2. The lowest BCUT2D eigenvalue weighted by molar-refractivity contribution is -0.139. The smallest absolute Gasteiger partial charge is 0.321 e. The predicted octanol–water partition coefficient (Wildman–Crippen LogP) is 1.23. The molecule has 1 fully saturated rings. The predicted molar refractivity (Wildman–Crippen MR) is 66.3 cm³/mol. The summed E-state index contributed by atoms with van der Waals surface area (Å²) in [5.41, 5.74) is 0.884. The highest BCUT2D eigenvalue weighted by Crippen LogP contribution is 2.39. The third kappa shape index (κ3) is 2.13. The maximum Gasteiger partial charge on any atom is 0.321 e. The Labute approximate surface area is 106 Å². The van der Waals surface area contributed by atoms with Crippen LogP contribution in [0.15, 0.2) is 18.2 Å². The minimum atomic E-state index is -0.831. The van der Waals surface area contributed by atoms with Crippen molar-refractivity contribution in [3.05, 3.63) is 23.8 Å². The summed E-state index contributed by atoms with van der Waals surface area (Å²) in [5, 5.41) is 12.2. The van der Waals surface area contributed by atoms with E-state index in [4.69, 9.17) is 9.47 Å². The van der Waals surface area contributed by atoms with E-state index in [0.29, 0.717) is 18.0 Å². The van der Waals surface area contributed by atoms with Crippen molar-refractivity contribution in [3.63, 3.8) is 0 Å². The zero-order valence-electron chi connectivity index (χ0n) is 10.5. The van der Waals surface area contributed by atoms with Crippen molar-refractivity contribution in [2.45, 2.75) is 18.4 Å². The first-order valence-electron chi connectivity index (χ1n) is 5.86. The summed E-state index contributed by atoms with van der Waals surface area (Å²) in [6, 6.07) is 5.00. The molecule has 2 atom stereocenters. The highest BCUT2D eigenvalue weighted by Gasteiger charge is 2.35. The summed E-state index contributed by atoms with van der Waals surface area (Å²) in [7, 11) is 3.14. The first-order valence-corrected chi connectivity index (χ1v) is 5.86. The maximum atomic E-state index is 11.2. The van der Waals surface area contributed by atoms with E-state index in [2.05, 4.69) is 5.32 Å². The second-order valence-corrected chi connectivity index (χ2v) is 4.25. The molecule has 0 amide bonds. The van der Waals surface area contributed by atoms with E-state index in [1.807, 2.05) is 12.1 Å². The summed E-state index contributed by atoms with van der Waals surface area (Å²) in [6.45, 7) is 0.696. The highest BCUT2D eigenvalue weighted by atomic mass is 16.5. The van der Waals surface area contributed by atoms with Gasteiger partial charge in [-0.15, -0.1) is 0 Å². The van der Waals surface area contributed by atoms with E-state index < -0.39 is 12.0 Å². The molecule has 0 spiro atoms. The van der Waals surface area contributed by atoms with Gasteiger partial charge in [0.25, 0.3) is 0 Å². The van der Waals surface area contributed by atoms with Gasteiger partial charge in [0.05, 0.1) is 14.2 Å². The number of hydrogen-bond donors (Lipinski definition) is 2. The molecule has 2 rings (SSSR count). The Bertz CT molecular complexity index is 447.